The van der Waals surface area contributed by atoms with Crippen molar-refractivity contribution in [3.8, 4) is 10.4 Å². The average Bonchev–Trinajstić information content (AvgIpc) is 3.79. The van der Waals surface area contributed by atoms with Crippen molar-refractivity contribution in [2.75, 3.05) is 5.32 Å². The van der Waals surface area contributed by atoms with E-state index in [0.717, 1.165) is 41.3 Å². The number of carbonyl (C=O) groups is 1. The number of aromatic amines is 1. The van der Waals surface area contributed by atoms with Gasteiger partial charge in [-0.2, -0.15) is 5.10 Å². The summed E-state index contributed by atoms with van der Waals surface area (Å²) in [6.07, 6.45) is 7.85. The highest BCUT2D eigenvalue weighted by molar-refractivity contribution is 7.92. The van der Waals surface area contributed by atoms with Crippen molar-refractivity contribution >= 4 is 38.8 Å². The van der Waals surface area contributed by atoms with Crippen LogP contribution in [0.5, 0.6) is 0 Å². The van der Waals surface area contributed by atoms with Crippen LogP contribution in [0.3, 0.4) is 0 Å². The molecule has 0 atom stereocenters. The second-order valence-electron chi connectivity index (χ2n) is 10.1. The molecular weight excluding hydrogens is 498 g/mol. The van der Waals surface area contributed by atoms with Crippen LogP contribution in [-0.2, 0) is 9.84 Å². The molecule has 4 N–H and O–H groups in total. The second-order valence-corrected chi connectivity index (χ2v) is 13.4. The topological polar surface area (TPSA) is 137 Å². The van der Waals surface area contributed by atoms with Crippen LogP contribution in [-0.4, -0.2) is 46.1 Å². The number of thiazole rings is 1. The van der Waals surface area contributed by atoms with E-state index >= 15 is 0 Å². The Labute approximate surface area is 213 Å². The molecule has 1 amide bonds. The lowest BCUT2D eigenvalue weighted by Crippen LogP contribution is -2.36. The zero-order chi connectivity index (χ0) is 24.9. The monoisotopic (exact) mass is 527 g/mol. The van der Waals surface area contributed by atoms with E-state index in [1.807, 2.05) is 18.2 Å². The van der Waals surface area contributed by atoms with E-state index < -0.39 is 15.9 Å². The van der Waals surface area contributed by atoms with E-state index in [9.17, 15) is 13.2 Å². The van der Waals surface area contributed by atoms with Crippen LogP contribution in [0.2, 0.25) is 0 Å². The van der Waals surface area contributed by atoms with Crippen LogP contribution in [0.25, 0.3) is 10.4 Å². The summed E-state index contributed by atoms with van der Waals surface area (Å²) in [5, 5.41) is 22.9. The number of sulfone groups is 1. The molecule has 3 saturated carbocycles. The molecule has 190 valence electrons. The summed E-state index contributed by atoms with van der Waals surface area (Å²) >= 11 is 1.54. The van der Waals surface area contributed by atoms with Gasteiger partial charge >= 0.3 is 6.09 Å². The van der Waals surface area contributed by atoms with Crippen molar-refractivity contribution in [2.45, 2.75) is 79.4 Å². The third-order valence-electron chi connectivity index (χ3n) is 7.33. The molecule has 1 aromatic carbocycles. The fraction of sp³-hybridized carbons (Fsp3) is 0.480. The minimum Gasteiger partial charge on any atom is -0.465 e. The number of nitrogens with zero attached hydrogens (tertiary/aromatic N) is 2. The molecule has 0 saturated heterocycles. The quantitative estimate of drug-likeness (QED) is 0.308. The van der Waals surface area contributed by atoms with Crippen molar-refractivity contribution in [2.24, 2.45) is 0 Å². The zero-order valence-electron chi connectivity index (χ0n) is 19.7. The molecule has 0 unspecified atom stereocenters. The number of benzene rings is 1. The Morgan fingerprint density at radius 2 is 1.78 bits per heavy atom. The first-order chi connectivity index (χ1) is 17.4. The number of nitrogens with one attached hydrogen (secondary N) is 3. The summed E-state index contributed by atoms with van der Waals surface area (Å²) in [4.78, 5) is 16.8. The zero-order valence-corrected chi connectivity index (χ0v) is 21.4. The minimum atomic E-state index is -3.45. The first-order valence-corrected chi connectivity index (χ1v) is 14.9. The maximum Gasteiger partial charge on any atom is 0.404 e. The van der Waals surface area contributed by atoms with E-state index in [0.29, 0.717) is 40.7 Å². The van der Waals surface area contributed by atoms with Crippen molar-refractivity contribution < 1.29 is 18.3 Å². The summed E-state index contributed by atoms with van der Waals surface area (Å²) in [7, 11) is -3.45. The van der Waals surface area contributed by atoms with Crippen LogP contribution in [0.1, 0.15) is 73.9 Å². The van der Waals surface area contributed by atoms with Gasteiger partial charge in [0.2, 0.25) is 0 Å². The second kappa shape index (κ2) is 9.19. The lowest BCUT2D eigenvalue weighted by molar-refractivity contribution is 0.185. The van der Waals surface area contributed by atoms with Gasteiger partial charge in [0.15, 0.2) is 15.7 Å². The molecule has 3 fully saturated rings. The van der Waals surface area contributed by atoms with Gasteiger partial charge in [-0.1, -0.05) is 6.07 Å². The molecule has 0 radical (unpaired) electrons. The molecule has 3 aromatic rings. The number of H-pyrrole nitrogens is 1. The molecule has 0 aliphatic heterocycles. The van der Waals surface area contributed by atoms with E-state index in [1.54, 1.807) is 23.6 Å². The third-order valence-corrected chi connectivity index (χ3v) is 10.8. The van der Waals surface area contributed by atoms with Gasteiger partial charge in [0.25, 0.3) is 0 Å². The Morgan fingerprint density at radius 1 is 1.03 bits per heavy atom. The van der Waals surface area contributed by atoms with Crippen molar-refractivity contribution in [3.63, 3.8) is 0 Å². The summed E-state index contributed by atoms with van der Waals surface area (Å²) in [5.41, 5.74) is 2.50. The van der Waals surface area contributed by atoms with Gasteiger partial charge < -0.3 is 15.7 Å². The Morgan fingerprint density at radius 3 is 2.47 bits per heavy atom. The third kappa shape index (κ3) is 4.86. The molecule has 0 bridgehead atoms. The van der Waals surface area contributed by atoms with Crippen molar-refractivity contribution in [1.82, 2.24) is 20.5 Å². The average molecular weight is 528 g/mol. The predicted molar refractivity (Wildman–Crippen MR) is 138 cm³/mol. The number of anilines is 2. The van der Waals surface area contributed by atoms with Crippen LogP contribution in [0, 0.1) is 0 Å². The normalized spacial score (nSPS) is 22.3. The Balaban J connectivity index is 1.25. The summed E-state index contributed by atoms with van der Waals surface area (Å²) in [6.45, 7) is 0. The minimum absolute atomic E-state index is 0.0108. The van der Waals surface area contributed by atoms with Crippen LogP contribution >= 0.6 is 11.3 Å². The van der Waals surface area contributed by atoms with Crippen LogP contribution in [0.4, 0.5) is 16.3 Å². The Hall–Kier alpha value is -2.92. The Bertz CT molecular complexity index is 1380. The van der Waals surface area contributed by atoms with Gasteiger partial charge in [0, 0.05) is 47.1 Å². The predicted octanol–water partition coefficient (Wildman–Crippen LogP) is 5.38. The summed E-state index contributed by atoms with van der Waals surface area (Å²) in [5.74, 6) is 1.51. The van der Waals surface area contributed by atoms with E-state index in [2.05, 4.69) is 25.8 Å². The lowest BCUT2D eigenvalue weighted by atomic mass is 9.86. The van der Waals surface area contributed by atoms with Gasteiger partial charge in [0.05, 0.1) is 20.0 Å². The fourth-order valence-corrected chi connectivity index (χ4v) is 8.09. The standard InChI is InChI=1S/C25H29N5O4S2/c31-25(32)28-16-5-3-15(4-6-16)24-26-13-21(35-24)19-10-7-17(11-22(19)36(33,34)18-8-9-18)27-23-12-20(29-30-23)14-1-2-14/h7,10-16,18,28H,1-6,8-9H2,(H,31,32)(H2,27,29,30). The molecule has 9 nitrogen and oxygen atoms in total. The first kappa shape index (κ1) is 23.5. The van der Waals surface area contributed by atoms with Crippen LogP contribution < -0.4 is 10.6 Å². The SMILES string of the molecule is O=C(O)NC1CCC(c2ncc(-c3ccc(Nc4cc(C5CC5)[nH]n4)cc3S(=O)(=O)C3CC3)s2)CC1. The molecule has 3 aliphatic rings. The van der Waals surface area contributed by atoms with Crippen LogP contribution in [0.15, 0.2) is 35.4 Å². The van der Waals surface area contributed by atoms with E-state index in [-0.39, 0.29) is 17.2 Å². The van der Waals surface area contributed by atoms with Gasteiger partial charge in [-0.3, -0.25) is 5.10 Å². The highest BCUT2D eigenvalue weighted by Gasteiger charge is 2.39. The van der Waals surface area contributed by atoms with Gasteiger partial charge in [-0.25, -0.2) is 18.2 Å². The smallest absolute Gasteiger partial charge is 0.404 e. The molecule has 6 rings (SSSR count). The molecule has 11 heteroatoms. The lowest BCUT2D eigenvalue weighted by Gasteiger charge is -2.27. The largest absolute Gasteiger partial charge is 0.465 e. The summed E-state index contributed by atoms with van der Waals surface area (Å²) < 4.78 is 26.8. The first-order valence-electron chi connectivity index (χ1n) is 12.5. The molecular formula is C25H29N5O4S2. The van der Waals surface area contributed by atoms with E-state index in [4.69, 9.17) is 5.11 Å². The molecule has 2 heterocycles. The van der Waals surface area contributed by atoms with Gasteiger partial charge in [-0.15, -0.1) is 11.3 Å². The number of hydrogen-bond donors (Lipinski definition) is 4. The van der Waals surface area contributed by atoms with Gasteiger partial charge in [-0.05, 0) is 63.5 Å². The molecule has 0 spiro atoms. The molecule has 2 aromatic heterocycles. The van der Waals surface area contributed by atoms with Crippen molar-refractivity contribution in [3.05, 3.63) is 41.2 Å². The fourth-order valence-electron chi connectivity index (χ4n) is 5.01. The highest BCUT2D eigenvalue weighted by Crippen LogP contribution is 2.43. The maximum absolute atomic E-state index is 13.4. The molecule has 3 aliphatic carbocycles. The van der Waals surface area contributed by atoms with Gasteiger partial charge in [0.1, 0.15) is 0 Å². The number of hydrogen-bond acceptors (Lipinski definition) is 7. The maximum atomic E-state index is 13.4. The number of carboxylic acid groups (broad SMARTS) is 1. The van der Waals surface area contributed by atoms with Crippen molar-refractivity contribution in [1.29, 1.82) is 0 Å². The number of amides is 1. The Kier molecular flexibility index (Phi) is 5.99. The van der Waals surface area contributed by atoms with E-state index in [1.165, 1.54) is 12.8 Å². The molecule has 36 heavy (non-hydrogen) atoms. The number of rotatable bonds is 8. The summed E-state index contributed by atoms with van der Waals surface area (Å²) in [6, 6.07) is 7.49. The number of aromatic nitrogens is 3. The highest BCUT2D eigenvalue weighted by atomic mass is 32.2.